The molecule has 2 rings (SSSR count). The molecule has 0 aliphatic rings. The minimum absolute atomic E-state index is 0.00620. The number of alkyl halides is 3. The number of aryl methyl sites for hydroxylation is 1. The zero-order valence-corrected chi connectivity index (χ0v) is 11.1. The highest BCUT2D eigenvalue weighted by molar-refractivity contribution is 9.10. The number of hydrogen-bond acceptors (Lipinski definition) is 4. The van der Waals surface area contributed by atoms with Crippen molar-refractivity contribution in [3.63, 3.8) is 0 Å². The molecule has 0 bridgehead atoms. The lowest BCUT2D eigenvalue weighted by molar-refractivity contribution is -0.134. The fourth-order valence-electron chi connectivity index (χ4n) is 1.44. The van der Waals surface area contributed by atoms with Gasteiger partial charge in [0, 0.05) is 10.9 Å². The maximum atomic E-state index is 12.1. The zero-order valence-electron chi connectivity index (χ0n) is 9.54. The fraction of sp³-hybridized carbons (Fsp3) is 0.273. The van der Waals surface area contributed by atoms with E-state index in [0.29, 0.717) is 15.7 Å². The van der Waals surface area contributed by atoms with Gasteiger partial charge in [0.25, 0.3) is 5.89 Å². The van der Waals surface area contributed by atoms with E-state index in [-0.39, 0.29) is 18.1 Å². The van der Waals surface area contributed by atoms with Gasteiger partial charge in [0.1, 0.15) is 0 Å². The largest absolute Gasteiger partial charge is 0.397 e. The smallest absolute Gasteiger partial charge is 0.389 e. The second-order valence-electron chi connectivity index (χ2n) is 3.83. The molecule has 0 saturated heterocycles. The maximum absolute atomic E-state index is 12.1. The van der Waals surface area contributed by atoms with Crippen molar-refractivity contribution in [3.8, 4) is 11.5 Å². The van der Waals surface area contributed by atoms with E-state index in [0.717, 1.165) is 0 Å². The number of halogens is 4. The molecular weight excluding hydrogens is 327 g/mol. The molecule has 1 heterocycles. The van der Waals surface area contributed by atoms with Crippen LogP contribution in [0.3, 0.4) is 0 Å². The van der Waals surface area contributed by atoms with Gasteiger partial charge in [-0.15, -0.1) is 0 Å². The van der Waals surface area contributed by atoms with Crippen LogP contribution in [0.25, 0.3) is 11.5 Å². The van der Waals surface area contributed by atoms with Crippen molar-refractivity contribution in [1.29, 1.82) is 0 Å². The highest BCUT2D eigenvalue weighted by Crippen LogP contribution is 2.30. The average molecular weight is 336 g/mol. The van der Waals surface area contributed by atoms with E-state index in [4.69, 9.17) is 10.3 Å². The molecule has 1 aromatic carbocycles. The monoisotopic (exact) mass is 335 g/mol. The molecule has 8 heteroatoms. The quantitative estimate of drug-likeness (QED) is 0.870. The molecule has 0 aliphatic heterocycles. The van der Waals surface area contributed by atoms with Crippen molar-refractivity contribution in [2.24, 2.45) is 0 Å². The van der Waals surface area contributed by atoms with Crippen molar-refractivity contribution in [3.05, 3.63) is 28.5 Å². The van der Waals surface area contributed by atoms with E-state index in [9.17, 15) is 13.2 Å². The molecule has 2 aromatic rings. The van der Waals surface area contributed by atoms with Crippen LogP contribution < -0.4 is 5.73 Å². The predicted octanol–water partition coefficient (Wildman–Crippen LogP) is 3.58. The summed E-state index contributed by atoms with van der Waals surface area (Å²) in [4.78, 5) is 3.91. The molecule has 0 saturated carbocycles. The number of nitrogens with zero attached hydrogens (tertiary/aromatic N) is 2. The van der Waals surface area contributed by atoms with E-state index < -0.39 is 12.6 Å². The van der Waals surface area contributed by atoms with Crippen LogP contribution in [-0.4, -0.2) is 16.3 Å². The van der Waals surface area contributed by atoms with Gasteiger partial charge in [0.2, 0.25) is 0 Å². The van der Waals surface area contributed by atoms with Gasteiger partial charge in [-0.05, 0) is 28.1 Å². The summed E-state index contributed by atoms with van der Waals surface area (Å²) in [5.74, 6) is 0.114. The molecule has 2 N–H and O–H groups in total. The summed E-state index contributed by atoms with van der Waals surface area (Å²) in [5.41, 5.74) is 6.70. The molecular formula is C11H9BrF3N3O. The van der Waals surface area contributed by atoms with Gasteiger partial charge in [-0.1, -0.05) is 11.2 Å². The molecule has 0 atom stereocenters. The van der Waals surface area contributed by atoms with Gasteiger partial charge in [-0.3, -0.25) is 0 Å². The Bertz CT molecular complexity index is 583. The van der Waals surface area contributed by atoms with Crippen molar-refractivity contribution in [1.82, 2.24) is 10.1 Å². The average Bonchev–Trinajstić information content (AvgIpc) is 2.78. The Kier molecular flexibility index (Phi) is 3.79. The number of nitrogen functional groups attached to an aromatic ring is 1. The van der Waals surface area contributed by atoms with E-state index in [2.05, 4.69) is 26.1 Å². The lowest BCUT2D eigenvalue weighted by atomic mass is 10.2. The Morgan fingerprint density at radius 1 is 1.32 bits per heavy atom. The molecule has 0 fully saturated rings. The molecule has 102 valence electrons. The summed E-state index contributed by atoms with van der Waals surface area (Å²) in [6.45, 7) is 0. The van der Waals surface area contributed by atoms with Gasteiger partial charge in [-0.2, -0.15) is 18.2 Å². The first-order valence-electron chi connectivity index (χ1n) is 5.30. The van der Waals surface area contributed by atoms with E-state index in [1.54, 1.807) is 18.2 Å². The minimum atomic E-state index is -4.24. The summed E-state index contributed by atoms with van der Waals surface area (Å²) in [6, 6.07) is 5.11. The first kappa shape index (κ1) is 13.9. The Morgan fingerprint density at radius 3 is 2.74 bits per heavy atom. The molecule has 0 radical (unpaired) electrons. The second-order valence-corrected chi connectivity index (χ2v) is 4.69. The van der Waals surface area contributed by atoms with Gasteiger partial charge in [0.05, 0.1) is 17.7 Å². The van der Waals surface area contributed by atoms with Gasteiger partial charge in [-0.25, -0.2) is 0 Å². The summed E-state index contributed by atoms with van der Waals surface area (Å²) < 4.78 is 41.8. The SMILES string of the molecule is Nc1c(Br)cccc1-c1nc(CCC(F)(F)F)no1. The Labute approximate surface area is 114 Å². The number of benzene rings is 1. The van der Waals surface area contributed by atoms with E-state index in [1.807, 2.05) is 0 Å². The summed E-state index contributed by atoms with van der Waals surface area (Å²) in [7, 11) is 0. The number of nitrogens with two attached hydrogens (primary N) is 1. The zero-order chi connectivity index (χ0) is 14.0. The lowest BCUT2D eigenvalue weighted by Gasteiger charge is -2.02. The lowest BCUT2D eigenvalue weighted by Crippen LogP contribution is -2.09. The van der Waals surface area contributed by atoms with Crippen LogP contribution in [0, 0.1) is 0 Å². The number of para-hydroxylation sites is 1. The van der Waals surface area contributed by atoms with Crippen molar-refractivity contribution in [2.45, 2.75) is 19.0 Å². The molecule has 0 spiro atoms. The van der Waals surface area contributed by atoms with E-state index in [1.165, 1.54) is 0 Å². The van der Waals surface area contributed by atoms with Crippen LogP contribution in [0.15, 0.2) is 27.2 Å². The normalized spacial score (nSPS) is 11.8. The molecule has 4 nitrogen and oxygen atoms in total. The second kappa shape index (κ2) is 5.20. The van der Waals surface area contributed by atoms with Gasteiger partial charge >= 0.3 is 6.18 Å². The molecule has 0 unspecified atom stereocenters. The van der Waals surface area contributed by atoms with Crippen LogP contribution in [0.1, 0.15) is 12.2 Å². The van der Waals surface area contributed by atoms with Crippen molar-refractivity contribution >= 4 is 21.6 Å². The highest BCUT2D eigenvalue weighted by Gasteiger charge is 2.27. The number of hydrogen-bond donors (Lipinski definition) is 1. The third-order valence-electron chi connectivity index (χ3n) is 2.38. The first-order chi connectivity index (χ1) is 8.87. The van der Waals surface area contributed by atoms with Crippen molar-refractivity contribution < 1.29 is 17.7 Å². The minimum Gasteiger partial charge on any atom is -0.397 e. The Morgan fingerprint density at radius 2 is 2.05 bits per heavy atom. The van der Waals surface area contributed by atoms with Crippen LogP contribution in [0.5, 0.6) is 0 Å². The van der Waals surface area contributed by atoms with Gasteiger partial charge in [0.15, 0.2) is 5.82 Å². The van der Waals surface area contributed by atoms with Crippen molar-refractivity contribution in [2.75, 3.05) is 5.73 Å². The van der Waals surface area contributed by atoms with Crippen LogP contribution in [-0.2, 0) is 6.42 Å². The first-order valence-corrected chi connectivity index (χ1v) is 6.10. The maximum Gasteiger partial charge on any atom is 0.389 e. The summed E-state index contributed by atoms with van der Waals surface area (Å²) in [5, 5.41) is 3.51. The molecule has 0 amide bonds. The topological polar surface area (TPSA) is 64.9 Å². The predicted molar refractivity (Wildman–Crippen MR) is 66.2 cm³/mol. The number of rotatable bonds is 3. The fourth-order valence-corrected chi connectivity index (χ4v) is 1.81. The third kappa shape index (κ3) is 3.46. The summed E-state index contributed by atoms with van der Waals surface area (Å²) in [6.07, 6.45) is -5.55. The van der Waals surface area contributed by atoms with Crippen LogP contribution in [0.2, 0.25) is 0 Å². The van der Waals surface area contributed by atoms with Crippen LogP contribution >= 0.6 is 15.9 Å². The Hall–Kier alpha value is -1.57. The molecule has 19 heavy (non-hydrogen) atoms. The molecule has 0 aliphatic carbocycles. The highest BCUT2D eigenvalue weighted by atomic mass is 79.9. The number of aromatic nitrogens is 2. The van der Waals surface area contributed by atoms with E-state index >= 15 is 0 Å². The van der Waals surface area contributed by atoms with Gasteiger partial charge < -0.3 is 10.3 Å². The standard InChI is InChI=1S/C11H9BrF3N3O/c12-7-3-1-2-6(9(7)16)10-17-8(18-19-10)4-5-11(13,14)15/h1-3H,4-5,16H2. The Balaban J connectivity index is 2.19. The number of anilines is 1. The molecule has 1 aromatic heterocycles. The summed E-state index contributed by atoms with van der Waals surface area (Å²) >= 11 is 3.24. The van der Waals surface area contributed by atoms with Crippen LogP contribution in [0.4, 0.5) is 18.9 Å². The third-order valence-corrected chi connectivity index (χ3v) is 3.07.